The van der Waals surface area contributed by atoms with E-state index in [-0.39, 0.29) is 17.8 Å². The van der Waals surface area contributed by atoms with E-state index in [1.807, 2.05) is 6.07 Å². The maximum absolute atomic E-state index is 13.3. The zero-order valence-corrected chi connectivity index (χ0v) is 12.5. The smallest absolute Gasteiger partial charge is 0.251 e. The maximum atomic E-state index is 13.3. The molecule has 6 heteroatoms. The number of halogens is 1. The van der Waals surface area contributed by atoms with E-state index in [1.54, 1.807) is 6.07 Å². The van der Waals surface area contributed by atoms with E-state index in [9.17, 15) is 9.18 Å². The molecule has 2 aliphatic heterocycles. The molecule has 0 aliphatic carbocycles. The zero-order valence-electron chi connectivity index (χ0n) is 12.5. The molecule has 1 aromatic rings. The number of amides is 1. The lowest BCUT2D eigenvalue weighted by Gasteiger charge is -2.35. The number of nitrogens with zero attached hydrogens (tertiary/aromatic N) is 1. The van der Waals surface area contributed by atoms with Crippen LogP contribution in [0.5, 0.6) is 0 Å². The molecule has 1 N–H and O–H groups in total. The molecular weight excluding hydrogens is 287 g/mol. The number of anilines is 1. The number of carbonyl (C=O) groups is 1. The van der Waals surface area contributed by atoms with Crippen LogP contribution in [0.15, 0.2) is 24.3 Å². The lowest BCUT2D eigenvalue weighted by molar-refractivity contribution is -0.148. The van der Waals surface area contributed by atoms with E-state index in [4.69, 9.17) is 9.47 Å². The molecule has 2 fully saturated rings. The Bertz CT molecular complexity index is 520. The first kappa shape index (κ1) is 15.2. The normalized spacial score (nSPS) is 25.8. The fraction of sp³-hybridized carbons (Fsp3) is 0.562. The number of rotatable bonds is 3. The van der Waals surface area contributed by atoms with Crippen LogP contribution in [0, 0.1) is 5.82 Å². The number of benzene rings is 1. The van der Waals surface area contributed by atoms with Gasteiger partial charge in [-0.1, -0.05) is 6.07 Å². The maximum Gasteiger partial charge on any atom is 0.251 e. The molecule has 2 atom stereocenters. The molecular formula is C16H21FN2O3. The minimum Gasteiger partial charge on any atom is -0.376 e. The van der Waals surface area contributed by atoms with Crippen LogP contribution >= 0.6 is 0 Å². The average Bonchev–Trinajstić information content (AvgIpc) is 2.56. The predicted molar refractivity (Wildman–Crippen MR) is 80.3 cm³/mol. The van der Waals surface area contributed by atoms with E-state index < -0.39 is 6.10 Å². The fourth-order valence-corrected chi connectivity index (χ4v) is 2.94. The van der Waals surface area contributed by atoms with Crippen molar-refractivity contribution in [2.24, 2.45) is 0 Å². The van der Waals surface area contributed by atoms with Crippen LogP contribution in [-0.2, 0) is 14.3 Å². The predicted octanol–water partition coefficient (Wildman–Crippen LogP) is 1.33. The van der Waals surface area contributed by atoms with Gasteiger partial charge in [-0.2, -0.15) is 0 Å². The zero-order chi connectivity index (χ0) is 15.4. The van der Waals surface area contributed by atoms with Crippen LogP contribution in [0.4, 0.5) is 10.1 Å². The second-order valence-corrected chi connectivity index (χ2v) is 5.71. The van der Waals surface area contributed by atoms with Gasteiger partial charge in [0.2, 0.25) is 0 Å². The van der Waals surface area contributed by atoms with Crippen molar-refractivity contribution in [2.75, 3.05) is 37.8 Å². The largest absolute Gasteiger partial charge is 0.376 e. The number of hydrogen-bond donors (Lipinski definition) is 1. The summed E-state index contributed by atoms with van der Waals surface area (Å²) < 4.78 is 24.0. The van der Waals surface area contributed by atoms with Gasteiger partial charge in [-0.3, -0.25) is 4.79 Å². The third-order valence-electron chi connectivity index (χ3n) is 4.05. The summed E-state index contributed by atoms with van der Waals surface area (Å²) in [6, 6.07) is 6.62. The van der Waals surface area contributed by atoms with Crippen molar-refractivity contribution in [1.29, 1.82) is 0 Å². The molecule has 3 rings (SSSR count). The number of ether oxygens (including phenoxy) is 2. The van der Waals surface area contributed by atoms with Gasteiger partial charge in [-0.05, 0) is 31.0 Å². The van der Waals surface area contributed by atoms with Gasteiger partial charge in [0.1, 0.15) is 5.82 Å². The van der Waals surface area contributed by atoms with Gasteiger partial charge in [0.25, 0.3) is 5.91 Å². The van der Waals surface area contributed by atoms with Crippen LogP contribution in [0.2, 0.25) is 0 Å². The van der Waals surface area contributed by atoms with Gasteiger partial charge in [0.05, 0.1) is 19.8 Å². The Morgan fingerprint density at radius 3 is 3.05 bits per heavy atom. The van der Waals surface area contributed by atoms with E-state index in [2.05, 4.69) is 10.2 Å². The van der Waals surface area contributed by atoms with E-state index in [1.165, 1.54) is 12.1 Å². The Hall–Kier alpha value is -1.66. The van der Waals surface area contributed by atoms with Crippen molar-refractivity contribution in [2.45, 2.75) is 25.0 Å². The van der Waals surface area contributed by atoms with Crippen LogP contribution in [0.25, 0.3) is 0 Å². The molecule has 22 heavy (non-hydrogen) atoms. The monoisotopic (exact) mass is 308 g/mol. The summed E-state index contributed by atoms with van der Waals surface area (Å²) in [7, 11) is 0. The SMILES string of the molecule is O=C(N[C@@H]1CCCN(c2cccc(F)c2)C1)[C@H]1COCCO1. The van der Waals surface area contributed by atoms with Crippen molar-refractivity contribution in [3.63, 3.8) is 0 Å². The summed E-state index contributed by atoms with van der Waals surface area (Å²) in [4.78, 5) is 14.3. The second-order valence-electron chi connectivity index (χ2n) is 5.71. The Balaban J connectivity index is 1.57. The lowest BCUT2D eigenvalue weighted by Crippen LogP contribution is -2.52. The quantitative estimate of drug-likeness (QED) is 0.915. The van der Waals surface area contributed by atoms with Gasteiger partial charge in [-0.15, -0.1) is 0 Å². The molecule has 2 heterocycles. The highest BCUT2D eigenvalue weighted by atomic mass is 19.1. The average molecular weight is 308 g/mol. The number of carbonyl (C=O) groups excluding carboxylic acids is 1. The van der Waals surface area contributed by atoms with E-state index in [0.29, 0.717) is 26.4 Å². The molecule has 2 saturated heterocycles. The standard InChI is InChI=1S/C16H21FN2O3/c17-12-3-1-5-14(9-12)19-6-2-4-13(10-19)18-16(20)15-11-21-7-8-22-15/h1,3,5,9,13,15H,2,4,6-8,10-11H2,(H,18,20)/t13-,15-/m1/s1. The lowest BCUT2D eigenvalue weighted by atomic mass is 10.0. The van der Waals surface area contributed by atoms with Crippen molar-refractivity contribution in [3.05, 3.63) is 30.1 Å². The van der Waals surface area contributed by atoms with Crippen LogP contribution < -0.4 is 10.2 Å². The third kappa shape index (κ3) is 3.75. The van der Waals surface area contributed by atoms with Gasteiger partial charge in [0, 0.05) is 24.8 Å². The molecule has 0 unspecified atom stereocenters. The molecule has 0 aromatic heterocycles. The summed E-state index contributed by atoms with van der Waals surface area (Å²) >= 11 is 0. The van der Waals surface area contributed by atoms with E-state index in [0.717, 1.165) is 25.1 Å². The Morgan fingerprint density at radius 1 is 1.36 bits per heavy atom. The van der Waals surface area contributed by atoms with Crippen LogP contribution in [0.3, 0.4) is 0 Å². The summed E-state index contributed by atoms with van der Waals surface area (Å²) in [6.45, 7) is 2.87. The topological polar surface area (TPSA) is 50.8 Å². The van der Waals surface area contributed by atoms with Gasteiger partial charge in [0.15, 0.2) is 6.10 Å². The van der Waals surface area contributed by atoms with Crippen molar-refractivity contribution in [3.8, 4) is 0 Å². The molecule has 0 radical (unpaired) electrons. The highest BCUT2D eigenvalue weighted by Crippen LogP contribution is 2.21. The highest BCUT2D eigenvalue weighted by Gasteiger charge is 2.27. The minimum absolute atomic E-state index is 0.0510. The molecule has 2 aliphatic rings. The first-order chi connectivity index (χ1) is 10.7. The minimum atomic E-state index is -0.515. The number of hydrogen-bond acceptors (Lipinski definition) is 4. The Kier molecular flexibility index (Phi) is 4.90. The van der Waals surface area contributed by atoms with Crippen LogP contribution in [0.1, 0.15) is 12.8 Å². The van der Waals surface area contributed by atoms with Crippen molar-refractivity contribution < 1.29 is 18.7 Å². The third-order valence-corrected chi connectivity index (χ3v) is 4.05. The molecule has 0 bridgehead atoms. The van der Waals surface area contributed by atoms with Crippen LogP contribution in [-0.4, -0.2) is 51.0 Å². The molecule has 0 saturated carbocycles. The van der Waals surface area contributed by atoms with Gasteiger partial charge in [-0.25, -0.2) is 4.39 Å². The Morgan fingerprint density at radius 2 is 2.27 bits per heavy atom. The van der Waals surface area contributed by atoms with Gasteiger partial charge >= 0.3 is 0 Å². The highest BCUT2D eigenvalue weighted by molar-refractivity contribution is 5.81. The first-order valence-corrected chi connectivity index (χ1v) is 7.72. The second kappa shape index (κ2) is 7.07. The molecule has 5 nitrogen and oxygen atoms in total. The van der Waals surface area contributed by atoms with E-state index >= 15 is 0 Å². The fourth-order valence-electron chi connectivity index (χ4n) is 2.94. The summed E-state index contributed by atoms with van der Waals surface area (Å²) in [5.41, 5.74) is 0.858. The van der Waals surface area contributed by atoms with Gasteiger partial charge < -0.3 is 19.7 Å². The Labute approximate surface area is 129 Å². The summed E-state index contributed by atoms with van der Waals surface area (Å²) in [5, 5.41) is 3.02. The molecule has 0 spiro atoms. The summed E-state index contributed by atoms with van der Waals surface area (Å²) in [5.74, 6) is -0.359. The first-order valence-electron chi connectivity index (χ1n) is 7.72. The van der Waals surface area contributed by atoms with Crippen molar-refractivity contribution in [1.82, 2.24) is 5.32 Å². The number of piperidine rings is 1. The molecule has 1 amide bonds. The summed E-state index contributed by atoms with van der Waals surface area (Å²) in [6.07, 6.45) is 1.37. The molecule has 120 valence electrons. The van der Waals surface area contributed by atoms with Crippen molar-refractivity contribution >= 4 is 11.6 Å². The number of nitrogens with one attached hydrogen (secondary N) is 1. The molecule has 1 aromatic carbocycles.